The standard InChI is InChI=1S/C21H31N5O2/c1-5-26-13-8-9-16(26)15-25(3)21(27)23-19(20-22-12-14-24(20)2)17-10-6-7-11-18(17)28-4/h6-7,10-12,14,16,19H,5,8-9,13,15H2,1-4H3,(H,23,27). The minimum atomic E-state index is -0.392. The SMILES string of the molecule is CCN1CCCC1CN(C)C(=O)NC(c1ccccc1OC)c1nccn1C. The fraction of sp³-hybridized carbons (Fsp3) is 0.524. The molecule has 0 bridgehead atoms. The van der Waals surface area contributed by atoms with Crippen LogP contribution in [0.25, 0.3) is 0 Å². The summed E-state index contributed by atoms with van der Waals surface area (Å²) in [4.78, 5) is 21.7. The van der Waals surface area contributed by atoms with Crippen LogP contribution < -0.4 is 10.1 Å². The Morgan fingerprint density at radius 3 is 2.89 bits per heavy atom. The summed E-state index contributed by atoms with van der Waals surface area (Å²) in [7, 11) is 5.43. The van der Waals surface area contributed by atoms with Gasteiger partial charge in [-0.1, -0.05) is 25.1 Å². The molecule has 7 nitrogen and oxygen atoms in total. The average Bonchev–Trinajstić information content (AvgIpc) is 3.34. The molecule has 2 unspecified atom stereocenters. The molecule has 152 valence electrons. The number of likely N-dealkylation sites (N-methyl/N-ethyl adjacent to an activating group) is 2. The highest BCUT2D eigenvalue weighted by molar-refractivity contribution is 5.75. The molecule has 2 amide bonds. The topological polar surface area (TPSA) is 62.6 Å². The predicted octanol–water partition coefficient (Wildman–Crippen LogP) is 2.64. The number of aryl methyl sites for hydroxylation is 1. The van der Waals surface area contributed by atoms with E-state index in [1.165, 1.54) is 6.42 Å². The van der Waals surface area contributed by atoms with Gasteiger partial charge in [0.1, 0.15) is 17.6 Å². The van der Waals surface area contributed by atoms with E-state index in [1.807, 2.05) is 49.1 Å². The van der Waals surface area contributed by atoms with Crippen molar-refractivity contribution < 1.29 is 9.53 Å². The fourth-order valence-electron chi connectivity index (χ4n) is 3.99. The number of benzene rings is 1. The minimum absolute atomic E-state index is 0.109. The van der Waals surface area contributed by atoms with Crippen LogP contribution in [-0.2, 0) is 7.05 Å². The molecule has 0 spiro atoms. The molecule has 1 fully saturated rings. The van der Waals surface area contributed by atoms with Crippen molar-refractivity contribution in [3.63, 3.8) is 0 Å². The molecule has 3 rings (SSSR count). The Kier molecular flexibility index (Phi) is 6.57. The molecule has 1 aromatic carbocycles. The van der Waals surface area contributed by atoms with Crippen LogP contribution in [0.15, 0.2) is 36.7 Å². The Hall–Kier alpha value is -2.54. The van der Waals surface area contributed by atoms with E-state index in [1.54, 1.807) is 18.2 Å². The highest BCUT2D eigenvalue weighted by Crippen LogP contribution is 2.29. The molecule has 1 aliphatic heterocycles. The number of imidazole rings is 1. The van der Waals surface area contributed by atoms with E-state index >= 15 is 0 Å². The number of hydrogen-bond acceptors (Lipinski definition) is 4. The Balaban J connectivity index is 1.79. The maximum Gasteiger partial charge on any atom is 0.318 e. The lowest BCUT2D eigenvalue weighted by molar-refractivity contribution is 0.179. The lowest BCUT2D eigenvalue weighted by Crippen LogP contribution is -2.46. The van der Waals surface area contributed by atoms with E-state index in [2.05, 4.69) is 22.1 Å². The number of ether oxygens (including phenoxy) is 1. The largest absolute Gasteiger partial charge is 0.496 e. The van der Waals surface area contributed by atoms with Crippen LogP contribution in [0.2, 0.25) is 0 Å². The summed E-state index contributed by atoms with van der Waals surface area (Å²) >= 11 is 0. The second kappa shape index (κ2) is 9.10. The third-order valence-corrected chi connectivity index (χ3v) is 5.57. The zero-order valence-corrected chi connectivity index (χ0v) is 17.3. The number of urea groups is 1. The number of nitrogens with zero attached hydrogens (tertiary/aromatic N) is 4. The van der Waals surface area contributed by atoms with Gasteiger partial charge in [0, 0.05) is 44.6 Å². The number of carbonyl (C=O) groups excluding carboxylic acids is 1. The molecule has 0 saturated carbocycles. The van der Waals surface area contributed by atoms with Gasteiger partial charge in [0.15, 0.2) is 0 Å². The van der Waals surface area contributed by atoms with Gasteiger partial charge < -0.3 is 19.5 Å². The molecule has 1 saturated heterocycles. The molecule has 1 aromatic heterocycles. The molecule has 0 aliphatic carbocycles. The zero-order valence-electron chi connectivity index (χ0n) is 17.3. The van der Waals surface area contributed by atoms with Crippen LogP contribution in [0.3, 0.4) is 0 Å². The second-order valence-corrected chi connectivity index (χ2v) is 7.33. The molecule has 1 aliphatic rings. The quantitative estimate of drug-likeness (QED) is 0.796. The number of likely N-dealkylation sites (tertiary alicyclic amines) is 1. The maximum absolute atomic E-state index is 13.0. The molecule has 7 heteroatoms. The van der Waals surface area contributed by atoms with Gasteiger partial charge in [-0.25, -0.2) is 9.78 Å². The Morgan fingerprint density at radius 2 is 2.21 bits per heavy atom. The summed E-state index contributed by atoms with van der Waals surface area (Å²) in [5.74, 6) is 1.49. The normalized spacial score (nSPS) is 18.1. The van der Waals surface area contributed by atoms with Crippen LogP contribution in [0.5, 0.6) is 5.75 Å². The zero-order chi connectivity index (χ0) is 20.1. The van der Waals surface area contributed by atoms with E-state index in [9.17, 15) is 4.79 Å². The van der Waals surface area contributed by atoms with E-state index in [0.29, 0.717) is 6.04 Å². The Bertz CT molecular complexity index is 791. The van der Waals surface area contributed by atoms with Gasteiger partial charge >= 0.3 is 6.03 Å². The van der Waals surface area contributed by atoms with Crippen LogP contribution >= 0.6 is 0 Å². The van der Waals surface area contributed by atoms with Crippen molar-refractivity contribution in [2.75, 3.05) is 33.8 Å². The minimum Gasteiger partial charge on any atom is -0.496 e. The summed E-state index contributed by atoms with van der Waals surface area (Å²) in [5.41, 5.74) is 0.886. The Labute approximate surface area is 167 Å². The van der Waals surface area contributed by atoms with E-state index < -0.39 is 6.04 Å². The third kappa shape index (κ3) is 4.30. The first-order valence-corrected chi connectivity index (χ1v) is 9.91. The Morgan fingerprint density at radius 1 is 1.43 bits per heavy atom. The van der Waals surface area contributed by atoms with Crippen molar-refractivity contribution >= 4 is 6.03 Å². The van der Waals surface area contributed by atoms with Crippen LogP contribution in [0.1, 0.15) is 37.2 Å². The van der Waals surface area contributed by atoms with Gasteiger partial charge in [-0.05, 0) is 32.0 Å². The van der Waals surface area contributed by atoms with Crippen molar-refractivity contribution in [2.45, 2.75) is 31.8 Å². The lowest BCUT2D eigenvalue weighted by atomic mass is 10.0. The van der Waals surface area contributed by atoms with Crippen molar-refractivity contribution in [1.29, 1.82) is 0 Å². The van der Waals surface area contributed by atoms with Crippen molar-refractivity contribution in [3.8, 4) is 5.75 Å². The summed E-state index contributed by atoms with van der Waals surface area (Å²) < 4.78 is 7.46. The van der Waals surface area contributed by atoms with Gasteiger partial charge in [-0.15, -0.1) is 0 Å². The first kappa shape index (κ1) is 20.2. The van der Waals surface area contributed by atoms with Gasteiger partial charge in [-0.2, -0.15) is 0 Å². The first-order chi connectivity index (χ1) is 13.5. The predicted molar refractivity (Wildman–Crippen MR) is 109 cm³/mol. The summed E-state index contributed by atoms with van der Waals surface area (Å²) in [6.45, 7) is 5.04. The van der Waals surface area contributed by atoms with E-state index in [-0.39, 0.29) is 6.03 Å². The fourth-order valence-corrected chi connectivity index (χ4v) is 3.99. The molecule has 2 heterocycles. The van der Waals surface area contributed by atoms with Crippen LogP contribution in [0, 0.1) is 0 Å². The first-order valence-electron chi connectivity index (χ1n) is 9.91. The number of hydrogen-bond donors (Lipinski definition) is 1. The summed E-state index contributed by atoms with van der Waals surface area (Å²) in [5, 5.41) is 3.16. The second-order valence-electron chi connectivity index (χ2n) is 7.33. The average molecular weight is 386 g/mol. The van der Waals surface area contributed by atoms with Gasteiger partial charge in [-0.3, -0.25) is 4.90 Å². The lowest BCUT2D eigenvalue weighted by Gasteiger charge is -2.29. The van der Waals surface area contributed by atoms with Crippen molar-refractivity contribution in [1.82, 2.24) is 24.7 Å². The monoisotopic (exact) mass is 385 g/mol. The molecular weight excluding hydrogens is 354 g/mol. The van der Waals surface area contributed by atoms with Crippen molar-refractivity contribution in [2.24, 2.45) is 7.05 Å². The van der Waals surface area contributed by atoms with Gasteiger partial charge in [0.2, 0.25) is 0 Å². The number of carbonyl (C=O) groups is 1. The molecular formula is C21H31N5O2. The maximum atomic E-state index is 13.0. The number of amides is 2. The molecule has 0 radical (unpaired) electrons. The third-order valence-electron chi connectivity index (χ3n) is 5.57. The number of nitrogens with one attached hydrogen (secondary N) is 1. The molecule has 2 atom stereocenters. The van der Waals surface area contributed by atoms with E-state index in [4.69, 9.17) is 4.74 Å². The molecule has 2 aromatic rings. The smallest absolute Gasteiger partial charge is 0.318 e. The van der Waals surface area contributed by atoms with Gasteiger partial charge in [0.25, 0.3) is 0 Å². The van der Waals surface area contributed by atoms with Crippen LogP contribution in [-0.4, -0.2) is 65.2 Å². The van der Waals surface area contributed by atoms with Crippen molar-refractivity contribution in [3.05, 3.63) is 48.0 Å². The number of aromatic nitrogens is 2. The number of para-hydroxylation sites is 1. The highest BCUT2D eigenvalue weighted by Gasteiger charge is 2.28. The van der Waals surface area contributed by atoms with E-state index in [0.717, 1.165) is 43.2 Å². The molecule has 28 heavy (non-hydrogen) atoms. The summed E-state index contributed by atoms with van der Waals surface area (Å²) in [6, 6.07) is 7.66. The number of methoxy groups -OCH3 is 1. The summed E-state index contributed by atoms with van der Waals surface area (Å²) in [6.07, 6.45) is 5.96. The van der Waals surface area contributed by atoms with Gasteiger partial charge in [0.05, 0.1) is 7.11 Å². The molecule has 1 N–H and O–H groups in total. The van der Waals surface area contributed by atoms with Crippen LogP contribution in [0.4, 0.5) is 4.79 Å². The highest BCUT2D eigenvalue weighted by atomic mass is 16.5. The number of rotatable bonds is 7.